The van der Waals surface area contributed by atoms with Gasteiger partial charge in [-0.25, -0.2) is 0 Å². The van der Waals surface area contributed by atoms with Crippen LogP contribution in [0, 0.1) is 0 Å². The summed E-state index contributed by atoms with van der Waals surface area (Å²) in [5.74, 6) is 0. The maximum Gasteiger partial charge on any atom is 0.174 e. The molecule has 1 saturated heterocycles. The van der Waals surface area contributed by atoms with Gasteiger partial charge in [-0.2, -0.15) is 0 Å². The maximum absolute atomic E-state index is 5.80. The Kier molecular flexibility index (Phi) is 5.17. The van der Waals surface area contributed by atoms with E-state index in [9.17, 15) is 0 Å². The van der Waals surface area contributed by atoms with Gasteiger partial charge >= 0.3 is 0 Å². The Balaban J connectivity index is 1.80. The van der Waals surface area contributed by atoms with Gasteiger partial charge in [-0.3, -0.25) is 4.98 Å². The van der Waals surface area contributed by atoms with E-state index in [0.29, 0.717) is 0 Å². The van der Waals surface area contributed by atoms with Gasteiger partial charge in [0.25, 0.3) is 0 Å². The van der Waals surface area contributed by atoms with Gasteiger partial charge in [0.15, 0.2) is 5.11 Å². The van der Waals surface area contributed by atoms with Gasteiger partial charge in [0.1, 0.15) is 0 Å². The number of anilines is 1. The van der Waals surface area contributed by atoms with Gasteiger partial charge in [-0.05, 0) is 80.9 Å². The molecule has 0 unspecified atom stereocenters. The van der Waals surface area contributed by atoms with Crippen LogP contribution in [0.2, 0.25) is 0 Å². The summed E-state index contributed by atoms with van der Waals surface area (Å²) in [6.07, 6.45) is 7.27. The molecule has 1 N–H and O–H groups in total. The predicted molar refractivity (Wildman–Crippen MR) is 123 cm³/mol. The van der Waals surface area contributed by atoms with E-state index in [-0.39, 0.29) is 17.6 Å². The molecule has 2 atom stereocenters. The molecule has 2 aromatic heterocycles. The Bertz CT molecular complexity index is 986. The van der Waals surface area contributed by atoms with Crippen molar-refractivity contribution in [1.82, 2.24) is 14.9 Å². The Morgan fingerprint density at radius 2 is 1.83 bits per heavy atom. The quantitative estimate of drug-likeness (QED) is 0.592. The summed E-state index contributed by atoms with van der Waals surface area (Å²) in [6.45, 7) is 8.82. The van der Waals surface area contributed by atoms with Crippen molar-refractivity contribution in [2.75, 3.05) is 4.90 Å². The third-order valence-corrected chi connectivity index (χ3v) is 5.87. The zero-order valence-corrected chi connectivity index (χ0v) is 18.3. The van der Waals surface area contributed by atoms with Crippen LogP contribution in [0.25, 0.3) is 0 Å². The van der Waals surface area contributed by atoms with Crippen LogP contribution in [0.15, 0.2) is 67.1 Å². The zero-order valence-electron chi connectivity index (χ0n) is 17.5. The molecule has 5 heteroatoms. The van der Waals surface area contributed by atoms with Gasteiger partial charge in [0.05, 0.1) is 17.8 Å². The lowest BCUT2D eigenvalue weighted by atomic mass is 9.98. The fraction of sp³-hybridized carbons (Fsp3) is 0.333. The van der Waals surface area contributed by atoms with Crippen molar-refractivity contribution in [2.24, 2.45) is 0 Å². The topological polar surface area (TPSA) is 33.1 Å². The molecule has 4 nitrogen and oxygen atoms in total. The van der Waals surface area contributed by atoms with Crippen LogP contribution in [0.1, 0.15) is 56.6 Å². The number of benzene rings is 1. The van der Waals surface area contributed by atoms with E-state index in [4.69, 9.17) is 12.2 Å². The number of hydrogen-bond acceptors (Lipinski definition) is 2. The summed E-state index contributed by atoms with van der Waals surface area (Å²) in [5.41, 5.74) is 4.67. The normalized spacial score (nSPS) is 19.4. The van der Waals surface area contributed by atoms with Crippen LogP contribution < -0.4 is 10.2 Å². The van der Waals surface area contributed by atoms with Crippen molar-refractivity contribution in [3.05, 3.63) is 83.9 Å². The highest BCUT2D eigenvalue weighted by molar-refractivity contribution is 7.80. The Morgan fingerprint density at radius 1 is 1.07 bits per heavy atom. The van der Waals surface area contributed by atoms with E-state index >= 15 is 0 Å². The van der Waals surface area contributed by atoms with Crippen LogP contribution in [-0.4, -0.2) is 14.7 Å². The lowest BCUT2D eigenvalue weighted by Gasteiger charge is -2.28. The second-order valence-corrected chi connectivity index (χ2v) is 8.93. The summed E-state index contributed by atoms with van der Waals surface area (Å²) in [7, 11) is 0. The average Bonchev–Trinajstić information content (AvgIpc) is 3.33. The third-order valence-electron chi connectivity index (χ3n) is 5.55. The lowest BCUT2D eigenvalue weighted by Crippen LogP contribution is -2.29. The van der Waals surface area contributed by atoms with Crippen LogP contribution in [0.5, 0.6) is 0 Å². The number of aryl methyl sites for hydroxylation is 1. The average molecular weight is 405 g/mol. The molecule has 0 saturated carbocycles. The Hall–Kier alpha value is -2.66. The van der Waals surface area contributed by atoms with Crippen molar-refractivity contribution in [3.8, 4) is 0 Å². The van der Waals surface area contributed by atoms with Crippen LogP contribution in [0.4, 0.5) is 5.69 Å². The molecule has 4 rings (SSSR count). The molecule has 1 aliphatic heterocycles. The van der Waals surface area contributed by atoms with Crippen molar-refractivity contribution < 1.29 is 0 Å². The summed E-state index contributed by atoms with van der Waals surface area (Å²) in [6, 6.07) is 17.0. The highest BCUT2D eigenvalue weighted by atomic mass is 32.1. The molecule has 150 valence electrons. The van der Waals surface area contributed by atoms with Gasteiger partial charge in [-0.15, -0.1) is 0 Å². The third kappa shape index (κ3) is 3.79. The van der Waals surface area contributed by atoms with Crippen LogP contribution in [-0.2, 0) is 12.0 Å². The van der Waals surface area contributed by atoms with E-state index in [1.165, 1.54) is 11.1 Å². The van der Waals surface area contributed by atoms with Crippen LogP contribution >= 0.6 is 12.2 Å². The first kappa shape index (κ1) is 19.6. The van der Waals surface area contributed by atoms with Gasteiger partial charge in [-0.1, -0.05) is 25.1 Å². The molecular weight excluding hydrogens is 376 g/mol. The molecule has 0 amide bonds. The fourth-order valence-electron chi connectivity index (χ4n) is 3.87. The molecule has 0 aliphatic carbocycles. The highest BCUT2D eigenvalue weighted by Gasteiger charge is 2.41. The number of thiocarbonyl (C=S) groups is 1. The minimum Gasteiger partial charge on any atom is -0.351 e. The number of aromatic nitrogens is 2. The van der Waals surface area contributed by atoms with E-state index < -0.39 is 0 Å². The van der Waals surface area contributed by atoms with Crippen molar-refractivity contribution in [3.63, 3.8) is 0 Å². The second-order valence-electron chi connectivity index (χ2n) is 8.54. The van der Waals surface area contributed by atoms with Crippen molar-refractivity contribution in [2.45, 2.75) is 51.7 Å². The monoisotopic (exact) mass is 404 g/mol. The Labute approximate surface area is 178 Å². The SMILES string of the molecule is CCc1ccc(N2C(=S)N[C@H](c3ccccn3)[C@@H]2c2ccn(C(C)(C)C)c2)cc1. The maximum atomic E-state index is 5.80. The van der Waals surface area contributed by atoms with Crippen molar-refractivity contribution in [1.29, 1.82) is 0 Å². The predicted octanol–water partition coefficient (Wildman–Crippen LogP) is 5.38. The van der Waals surface area contributed by atoms with Crippen LogP contribution in [0.3, 0.4) is 0 Å². The summed E-state index contributed by atoms with van der Waals surface area (Å²) < 4.78 is 2.26. The zero-order chi connectivity index (χ0) is 20.6. The first-order valence-corrected chi connectivity index (χ1v) is 10.6. The largest absolute Gasteiger partial charge is 0.351 e. The highest BCUT2D eigenvalue weighted by Crippen LogP contribution is 2.41. The summed E-state index contributed by atoms with van der Waals surface area (Å²) in [5, 5.41) is 4.26. The standard InChI is InChI=1S/C24H28N4S/c1-5-17-9-11-19(12-10-17)28-22(18-13-15-27(16-18)24(2,3)4)21(26-23(28)29)20-8-6-7-14-25-20/h6-16,21-22H,5H2,1-4H3,(H,26,29)/t21-,22+/m1/s1. The van der Waals surface area contributed by atoms with Gasteiger partial charge in [0, 0.05) is 29.8 Å². The van der Waals surface area contributed by atoms with E-state index in [0.717, 1.165) is 22.9 Å². The summed E-state index contributed by atoms with van der Waals surface area (Å²) in [4.78, 5) is 6.86. The first-order valence-electron chi connectivity index (χ1n) is 10.2. The molecule has 0 bridgehead atoms. The molecule has 0 radical (unpaired) electrons. The number of pyridine rings is 1. The van der Waals surface area contributed by atoms with E-state index in [1.54, 1.807) is 0 Å². The molecule has 29 heavy (non-hydrogen) atoms. The van der Waals surface area contributed by atoms with E-state index in [1.807, 2.05) is 18.3 Å². The molecule has 1 aromatic carbocycles. The molecule has 1 aliphatic rings. The van der Waals surface area contributed by atoms with E-state index in [2.05, 4.69) is 96.3 Å². The Morgan fingerprint density at radius 3 is 2.41 bits per heavy atom. The summed E-state index contributed by atoms with van der Waals surface area (Å²) >= 11 is 5.80. The van der Waals surface area contributed by atoms with Gasteiger partial charge < -0.3 is 14.8 Å². The molecule has 1 fully saturated rings. The second kappa shape index (κ2) is 7.64. The minimum atomic E-state index is -0.00892. The molecule has 3 heterocycles. The smallest absolute Gasteiger partial charge is 0.174 e. The number of rotatable bonds is 4. The molecule has 3 aromatic rings. The number of nitrogens with one attached hydrogen (secondary N) is 1. The molecule has 0 spiro atoms. The fourth-order valence-corrected chi connectivity index (χ4v) is 4.22. The molecular formula is C24H28N4S. The number of nitrogens with zero attached hydrogens (tertiary/aromatic N) is 3. The lowest BCUT2D eigenvalue weighted by molar-refractivity contribution is 0.397. The van der Waals surface area contributed by atoms with Crippen molar-refractivity contribution >= 4 is 23.0 Å². The number of hydrogen-bond donors (Lipinski definition) is 1. The van der Waals surface area contributed by atoms with Gasteiger partial charge in [0.2, 0.25) is 0 Å². The first-order chi connectivity index (χ1) is 13.9. The minimum absolute atomic E-state index is 0.00892.